The highest BCUT2D eigenvalue weighted by atomic mass is 127. The Bertz CT molecular complexity index is 598. The highest BCUT2D eigenvalue weighted by Gasteiger charge is 2.42. The highest BCUT2D eigenvalue weighted by molar-refractivity contribution is 14.0. The summed E-state index contributed by atoms with van der Waals surface area (Å²) in [4.78, 5) is 6.87. The first-order chi connectivity index (χ1) is 12.6. The van der Waals surface area contributed by atoms with E-state index in [2.05, 4.69) is 53.3 Å². The molecule has 0 bridgehead atoms. The Kier molecular flexibility index (Phi) is 8.66. The summed E-state index contributed by atoms with van der Waals surface area (Å²) in [5.41, 5.74) is 1.68. The molecule has 0 saturated carbocycles. The van der Waals surface area contributed by atoms with Crippen molar-refractivity contribution in [3.63, 3.8) is 0 Å². The minimum Gasteiger partial charge on any atom is -0.493 e. The van der Waals surface area contributed by atoms with Crippen molar-refractivity contribution < 1.29 is 9.47 Å². The minimum absolute atomic E-state index is 0. The molecule has 27 heavy (non-hydrogen) atoms. The largest absolute Gasteiger partial charge is 0.493 e. The van der Waals surface area contributed by atoms with Crippen LogP contribution in [0.4, 0.5) is 0 Å². The van der Waals surface area contributed by atoms with Crippen LogP contribution in [0.15, 0.2) is 29.3 Å². The average Bonchev–Trinajstić information content (AvgIpc) is 3.28. The first-order valence-electron chi connectivity index (χ1n) is 9.85. The number of rotatable bonds is 6. The molecule has 1 aromatic rings. The maximum absolute atomic E-state index is 5.74. The number of likely N-dealkylation sites (tertiary alicyclic amines) is 1. The van der Waals surface area contributed by atoms with Crippen LogP contribution in [0.3, 0.4) is 0 Å². The fourth-order valence-electron chi connectivity index (χ4n) is 3.75. The molecule has 3 rings (SSSR count). The molecule has 0 aliphatic carbocycles. The number of benzene rings is 1. The monoisotopic (exact) mass is 487 g/mol. The van der Waals surface area contributed by atoms with E-state index in [0.29, 0.717) is 11.3 Å². The number of ether oxygens (including phenoxy) is 2. The van der Waals surface area contributed by atoms with Crippen LogP contribution in [-0.4, -0.2) is 57.4 Å². The van der Waals surface area contributed by atoms with Gasteiger partial charge in [-0.25, -0.2) is 0 Å². The normalized spacial score (nSPS) is 22.4. The SMILES string of the molecule is CN=C(NCCc1ccc(OCC(C)C)cc1)N1CCC2(CCOC2)C1.I. The Labute approximate surface area is 180 Å². The van der Waals surface area contributed by atoms with Gasteiger partial charge in [0.05, 0.1) is 13.2 Å². The van der Waals surface area contributed by atoms with Crippen LogP contribution < -0.4 is 10.1 Å². The van der Waals surface area contributed by atoms with Crippen LogP contribution in [0.2, 0.25) is 0 Å². The number of hydrogen-bond acceptors (Lipinski definition) is 3. The summed E-state index contributed by atoms with van der Waals surface area (Å²) in [5.74, 6) is 2.52. The van der Waals surface area contributed by atoms with E-state index in [1.54, 1.807) is 0 Å². The van der Waals surface area contributed by atoms with E-state index in [-0.39, 0.29) is 24.0 Å². The number of guanidine groups is 1. The molecule has 1 unspecified atom stereocenters. The fraction of sp³-hybridized carbons (Fsp3) is 0.667. The summed E-state index contributed by atoms with van der Waals surface area (Å²) in [7, 11) is 1.87. The lowest BCUT2D eigenvalue weighted by molar-refractivity contribution is 0.156. The average molecular weight is 487 g/mol. The molecule has 0 amide bonds. The summed E-state index contributed by atoms with van der Waals surface area (Å²) >= 11 is 0. The Morgan fingerprint density at radius 2 is 2.07 bits per heavy atom. The number of halogens is 1. The second kappa shape index (κ2) is 10.5. The standard InChI is InChI=1S/C21H33N3O2.HI/c1-17(2)14-26-19-6-4-18(5-7-19)8-11-23-20(22-3)24-12-9-21(15-24)10-13-25-16-21;/h4-7,17H,8-16H2,1-3H3,(H,22,23);1H. The molecule has 1 aromatic carbocycles. The first kappa shape index (κ1) is 22.3. The molecule has 2 aliphatic heterocycles. The van der Waals surface area contributed by atoms with Crippen LogP contribution in [0.1, 0.15) is 32.3 Å². The fourth-order valence-corrected chi connectivity index (χ4v) is 3.75. The third kappa shape index (κ3) is 6.24. The Morgan fingerprint density at radius 3 is 2.70 bits per heavy atom. The van der Waals surface area contributed by atoms with Gasteiger partial charge in [0.15, 0.2) is 5.96 Å². The van der Waals surface area contributed by atoms with Crippen molar-refractivity contribution in [3.8, 4) is 5.75 Å². The van der Waals surface area contributed by atoms with Gasteiger partial charge in [0.2, 0.25) is 0 Å². The zero-order valence-corrected chi connectivity index (χ0v) is 19.2. The molecule has 2 saturated heterocycles. The molecular weight excluding hydrogens is 453 g/mol. The lowest BCUT2D eigenvalue weighted by atomic mass is 9.87. The van der Waals surface area contributed by atoms with E-state index in [0.717, 1.165) is 57.6 Å². The Balaban J connectivity index is 0.00000261. The third-order valence-corrected chi connectivity index (χ3v) is 5.34. The molecule has 6 heteroatoms. The van der Waals surface area contributed by atoms with E-state index in [9.17, 15) is 0 Å². The molecule has 2 fully saturated rings. The van der Waals surface area contributed by atoms with Crippen molar-refractivity contribution in [1.82, 2.24) is 10.2 Å². The van der Waals surface area contributed by atoms with Gasteiger partial charge in [0.1, 0.15) is 5.75 Å². The van der Waals surface area contributed by atoms with Gasteiger partial charge in [0.25, 0.3) is 0 Å². The van der Waals surface area contributed by atoms with Gasteiger partial charge in [-0.1, -0.05) is 26.0 Å². The molecule has 0 radical (unpaired) electrons. The molecule has 1 N–H and O–H groups in total. The van der Waals surface area contributed by atoms with Gasteiger partial charge in [-0.2, -0.15) is 0 Å². The van der Waals surface area contributed by atoms with Gasteiger partial charge in [0, 0.05) is 38.7 Å². The lowest BCUT2D eigenvalue weighted by Crippen LogP contribution is -2.42. The van der Waals surface area contributed by atoms with Crippen molar-refractivity contribution in [2.75, 3.05) is 46.5 Å². The first-order valence-corrected chi connectivity index (χ1v) is 9.85. The maximum atomic E-state index is 5.74. The van der Waals surface area contributed by atoms with Crippen LogP contribution in [0.5, 0.6) is 5.75 Å². The third-order valence-electron chi connectivity index (χ3n) is 5.34. The molecule has 2 aliphatic rings. The second-order valence-corrected chi connectivity index (χ2v) is 8.05. The van der Waals surface area contributed by atoms with E-state index < -0.39 is 0 Å². The topological polar surface area (TPSA) is 46.1 Å². The molecule has 152 valence electrons. The Morgan fingerprint density at radius 1 is 1.30 bits per heavy atom. The quantitative estimate of drug-likeness (QED) is 0.379. The van der Waals surface area contributed by atoms with Gasteiger partial charge in [-0.3, -0.25) is 4.99 Å². The van der Waals surface area contributed by atoms with Crippen molar-refractivity contribution in [2.24, 2.45) is 16.3 Å². The molecule has 2 heterocycles. The molecule has 0 aromatic heterocycles. The summed E-state index contributed by atoms with van der Waals surface area (Å²) < 4.78 is 11.4. The van der Waals surface area contributed by atoms with E-state index in [1.165, 1.54) is 18.4 Å². The van der Waals surface area contributed by atoms with E-state index >= 15 is 0 Å². The van der Waals surface area contributed by atoms with Crippen molar-refractivity contribution in [2.45, 2.75) is 33.1 Å². The predicted molar refractivity (Wildman–Crippen MR) is 121 cm³/mol. The van der Waals surface area contributed by atoms with Gasteiger partial charge >= 0.3 is 0 Å². The molecular formula is C21H34IN3O2. The van der Waals surface area contributed by atoms with Crippen LogP contribution in [0, 0.1) is 11.3 Å². The predicted octanol–water partition coefficient (Wildman–Crippen LogP) is 3.57. The summed E-state index contributed by atoms with van der Waals surface area (Å²) in [6.45, 7) is 9.93. The van der Waals surface area contributed by atoms with Crippen LogP contribution in [-0.2, 0) is 11.2 Å². The summed E-state index contributed by atoms with van der Waals surface area (Å²) in [5, 5.41) is 3.52. The molecule has 1 spiro atoms. The van der Waals surface area contributed by atoms with Crippen molar-refractivity contribution in [3.05, 3.63) is 29.8 Å². The van der Waals surface area contributed by atoms with Gasteiger partial charge in [-0.05, 0) is 42.9 Å². The number of hydrogen-bond donors (Lipinski definition) is 1. The van der Waals surface area contributed by atoms with Crippen LogP contribution in [0.25, 0.3) is 0 Å². The lowest BCUT2D eigenvalue weighted by Gasteiger charge is -2.25. The van der Waals surface area contributed by atoms with Gasteiger partial charge in [-0.15, -0.1) is 24.0 Å². The smallest absolute Gasteiger partial charge is 0.193 e. The van der Waals surface area contributed by atoms with Gasteiger partial charge < -0.3 is 19.7 Å². The number of nitrogens with zero attached hydrogens (tertiary/aromatic N) is 2. The number of aliphatic imine (C=N–C) groups is 1. The summed E-state index contributed by atoms with van der Waals surface area (Å²) in [6.07, 6.45) is 3.38. The second-order valence-electron chi connectivity index (χ2n) is 8.05. The van der Waals surface area contributed by atoms with Crippen molar-refractivity contribution in [1.29, 1.82) is 0 Å². The highest BCUT2D eigenvalue weighted by Crippen LogP contribution is 2.38. The molecule has 1 atom stereocenters. The Hall–Kier alpha value is -1.02. The van der Waals surface area contributed by atoms with E-state index in [4.69, 9.17) is 9.47 Å². The zero-order chi connectivity index (χ0) is 18.4. The summed E-state index contributed by atoms with van der Waals surface area (Å²) in [6, 6.07) is 8.44. The van der Waals surface area contributed by atoms with Crippen LogP contribution >= 0.6 is 24.0 Å². The molecule has 5 nitrogen and oxygen atoms in total. The maximum Gasteiger partial charge on any atom is 0.193 e. The zero-order valence-electron chi connectivity index (χ0n) is 16.9. The number of nitrogens with one attached hydrogen (secondary N) is 1. The minimum atomic E-state index is 0. The van der Waals surface area contributed by atoms with Crippen molar-refractivity contribution >= 4 is 29.9 Å². The van der Waals surface area contributed by atoms with E-state index in [1.807, 2.05) is 7.05 Å².